The highest BCUT2D eigenvalue weighted by Crippen LogP contribution is 2.23. The Hall–Kier alpha value is -4.07. The summed E-state index contributed by atoms with van der Waals surface area (Å²) in [6.45, 7) is 8.27. The first-order valence-electron chi connectivity index (χ1n) is 11.4. The van der Waals surface area contributed by atoms with Crippen LogP contribution < -0.4 is 14.8 Å². The van der Waals surface area contributed by atoms with Crippen molar-refractivity contribution in [2.24, 2.45) is 0 Å². The van der Waals surface area contributed by atoms with Crippen molar-refractivity contribution in [3.63, 3.8) is 0 Å². The number of aromatic nitrogens is 2. The minimum atomic E-state index is -0.583. The SMILES string of the molecule is CCn1cc(NC(=O)/C=C/c2ccc(OC)c(COc3cccc(C)c3)c2)c(C(=O)OC(C)C)n1. The molecule has 1 heterocycles. The zero-order valence-corrected chi connectivity index (χ0v) is 20.7. The van der Waals surface area contributed by atoms with Crippen LogP contribution in [0.2, 0.25) is 0 Å². The maximum Gasteiger partial charge on any atom is 0.361 e. The van der Waals surface area contributed by atoms with Gasteiger partial charge < -0.3 is 19.5 Å². The van der Waals surface area contributed by atoms with E-state index >= 15 is 0 Å². The first kappa shape index (κ1) is 25.6. The lowest BCUT2D eigenvalue weighted by molar-refractivity contribution is -0.111. The summed E-state index contributed by atoms with van der Waals surface area (Å²) in [4.78, 5) is 25.0. The molecule has 0 radical (unpaired) electrons. The Kier molecular flexibility index (Phi) is 8.67. The monoisotopic (exact) mass is 477 g/mol. The average molecular weight is 478 g/mol. The molecule has 2 aromatic carbocycles. The summed E-state index contributed by atoms with van der Waals surface area (Å²) >= 11 is 0. The van der Waals surface area contributed by atoms with Gasteiger partial charge in [-0.2, -0.15) is 5.10 Å². The number of aryl methyl sites for hydroxylation is 2. The van der Waals surface area contributed by atoms with Crippen molar-refractivity contribution in [3.05, 3.63) is 77.1 Å². The number of amides is 1. The van der Waals surface area contributed by atoms with Crippen LogP contribution in [0.1, 0.15) is 48.0 Å². The molecule has 8 nitrogen and oxygen atoms in total. The molecule has 3 rings (SSSR count). The van der Waals surface area contributed by atoms with E-state index in [0.29, 0.717) is 24.6 Å². The molecule has 0 aliphatic rings. The van der Waals surface area contributed by atoms with Crippen LogP contribution in [0.15, 0.2) is 54.7 Å². The van der Waals surface area contributed by atoms with Crippen molar-refractivity contribution in [2.45, 2.75) is 47.0 Å². The Labute approximate surface area is 205 Å². The summed E-state index contributed by atoms with van der Waals surface area (Å²) < 4.78 is 18.2. The van der Waals surface area contributed by atoms with Gasteiger partial charge in [-0.3, -0.25) is 9.48 Å². The third-order valence-electron chi connectivity index (χ3n) is 5.00. The summed E-state index contributed by atoms with van der Waals surface area (Å²) in [5.74, 6) is 0.485. The second kappa shape index (κ2) is 11.9. The zero-order chi connectivity index (χ0) is 25.4. The number of nitrogens with zero attached hydrogens (tertiary/aromatic N) is 2. The molecule has 184 valence electrons. The largest absolute Gasteiger partial charge is 0.496 e. The number of carbonyl (C=O) groups is 2. The first-order valence-corrected chi connectivity index (χ1v) is 11.4. The first-order chi connectivity index (χ1) is 16.8. The number of esters is 1. The van der Waals surface area contributed by atoms with Gasteiger partial charge in [0, 0.05) is 24.4 Å². The fourth-order valence-electron chi connectivity index (χ4n) is 3.32. The van der Waals surface area contributed by atoms with E-state index in [0.717, 1.165) is 22.4 Å². The maximum absolute atomic E-state index is 12.6. The van der Waals surface area contributed by atoms with Crippen LogP contribution in [0.4, 0.5) is 5.69 Å². The molecular weight excluding hydrogens is 446 g/mol. The highest BCUT2D eigenvalue weighted by atomic mass is 16.5. The highest BCUT2D eigenvalue weighted by Gasteiger charge is 2.20. The molecule has 0 unspecified atom stereocenters. The van der Waals surface area contributed by atoms with Crippen molar-refractivity contribution in [3.8, 4) is 11.5 Å². The molecule has 35 heavy (non-hydrogen) atoms. The van der Waals surface area contributed by atoms with E-state index < -0.39 is 11.9 Å². The lowest BCUT2D eigenvalue weighted by atomic mass is 10.1. The standard InChI is InChI=1S/C27H31N3O5/c1-6-30-16-23(26(29-30)27(32)35-18(2)3)28-25(31)13-11-20-10-12-24(33-5)21(15-20)17-34-22-9-7-8-19(4)14-22/h7-16,18H,6,17H2,1-5H3,(H,28,31)/b13-11+. The predicted molar refractivity (Wildman–Crippen MR) is 135 cm³/mol. The molecular formula is C27H31N3O5. The van der Waals surface area contributed by atoms with Gasteiger partial charge in [0.1, 0.15) is 18.1 Å². The lowest BCUT2D eigenvalue weighted by Gasteiger charge is -2.11. The zero-order valence-electron chi connectivity index (χ0n) is 20.7. The van der Waals surface area contributed by atoms with Crippen LogP contribution >= 0.6 is 0 Å². The van der Waals surface area contributed by atoms with Crippen LogP contribution in [-0.2, 0) is 22.7 Å². The Morgan fingerprint density at radius 3 is 2.66 bits per heavy atom. The fourth-order valence-corrected chi connectivity index (χ4v) is 3.32. The molecule has 3 aromatic rings. The van der Waals surface area contributed by atoms with E-state index in [1.165, 1.54) is 6.08 Å². The van der Waals surface area contributed by atoms with Crippen LogP contribution in [0.5, 0.6) is 11.5 Å². The minimum Gasteiger partial charge on any atom is -0.496 e. The summed E-state index contributed by atoms with van der Waals surface area (Å²) in [5.41, 5.74) is 3.13. The summed E-state index contributed by atoms with van der Waals surface area (Å²) in [7, 11) is 1.60. The molecule has 0 bridgehead atoms. The number of ether oxygens (including phenoxy) is 3. The second-order valence-corrected chi connectivity index (χ2v) is 8.20. The van der Waals surface area contributed by atoms with Gasteiger partial charge in [-0.05, 0) is 69.2 Å². The number of carbonyl (C=O) groups excluding carboxylic acids is 2. The van der Waals surface area contributed by atoms with Crippen molar-refractivity contribution in [1.29, 1.82) is 0 Å². The molecule has 0 fully saturated rings. The fraction of sp³-hybridized carbons (Fsp3) is 0.296. The van der Waals surface area contributed by atoms with Gasteiger partial charge in [0.25, 0.3) is 0 Å². The van der Waals surface area contributed by atoms with E-state index in [4.69, 9.17) is 14.2 Å². The third-order valence-corrected chi connectivity index (χ3v) is 5.00. The van der Waals surface area contributed by atoms with E-state index in [9.17, 15) is 9.59 Å². The maximum atomic E-state index is 12.6. The Morgan fingerprint density at radius 1 is 1.17 bits per heavy atom. The van der Waals surface area contributed by atoms with Gasteiger partial charge >= 0.3 is 5.97 Å². The second-order valence-electron chi connectivity index (χ2n) is 8.20. The summed E-state index contributed by atoms with van der Waals surface area (Å²) in [6.07, 6.45) is 4.39. The third kappa shape index (κ3) is 7.20. The van der Waals surface area contributed by atoms with Crippen molar-refractivity contribution in [1.82, 2.24) is 9.78 Å². The predicted octanol–water partition coefficient (Wildman–Crippen LogP) is 5.02. The van der Waals surface area contributed by atoms with E-state index in [2.05, 4.69) is 10.4 Å². The highest BCUT2D eigenvalue weighted by molar-refractivity contribution is 6.05. The van der Waals surface area contributed by atoms with Gasteiger partial charge in [-0.15, -0.1) is 0 Å². The van der Waals surface area contributed by atoms with Gasteiger partial charge in [0.05, 0.1) is 18.9 Å². The molecule has 1 N–H and O–H groups in total. The van der Waals surface area contributed by atoms with Crippen molar-refractivity contribution in [2.75, 3.05) is 12.4 Å². The topological polar surface area (TPSA) is 91.7 Å². The number of anilines is 1. The average Bonchev–Trinajstić information content (AvgIpc) is 3.24. The number of hydrogen-bond acceptors (Lipinski definition) is 6. The van der Waals surface area contributed by atoms with Crippen LogP contribution in [0.25, 0.3) is 6.08 Å². The molecule has 8 heteroatoms. The molecule has 0 spiro atoms. The summed E-state index contributed by atoms with van der Waals surface area (Å²) in [5, 5.41) is 6.93. The van der Waals surface area contributed by atoms with Gasteiger partial charge in [-0.25, -0.2) is 4.79 Å². The molecule has 0 saturated heterocycles. The molecule has 0 saturated carbocycles. The van der Waals surface area contributed by atoms with Crippen molar-refractivity contribution < 1.29 is 23.8 Å². The van der Waals surface area contributed by atoms with Crippen LogP contribution in [-0.4, -0.2) is 34.9 Å². The minimum absolute atomic E-state index is 0.0716. The van der Waals surface area contributed by atoms with Gasteiger partial charge in [0.15, 0.2) is 5.69 Å². The van der Waals surface area contributed by atoms with Crippen molar-refractivity contribution >= 4 is 23.6 Å². The van der Waals surface area contributed by atoms with E-state index in [1.54, 1.807) is 37.9 Å². The Balaban J connectivity index is 1.71. The molecule has 0 atom stereocenters. The molecule has 1 aromatic heterocycles. The number of hydrogen-bond donors (Lipinski definition) is 1. The lowest BCUT2D eigenvalue weighted by Crippen LogP contribution is -2.16. The number of benzene rings is 2. The van der Waals surface area contributed by atoms with E-state index in [1.807, 2.05) is 56.3 Å². The molecule has 0 aliphatic carbocycles. The Morgan fingerprint density at radius 2 is 1.97 bits per heavy atom. The smallest absolute Gasteiger partial charge is 0.361 e. The summed E-state index contributed by atoms with van der Waals surface area (Å²) in [6, 6.07) is 13.4. The normalized spacial score (nSPS) is 11.0. The number of methoxy groups -OCH3 is 1. The van der Waals surface area contributed by atoms with Crippen LogP contribution in [0.3, 0.4) is 0 Å². The van der Waals surface area contributed by atoms with Crippen LogP contribution in [0, 0.1) is 6.92 Å². The van der Waals surface area contributed by atoms with Gasteiger partial charge in [0.2, 0.25) is 5.91 Å². The quantitative estimate of drug-likeness (QED) is 0.326. The number of rotatable bonds is 10. The van der Waals surface area contributed by atoms with E-state index in [-0.39, 0.29) is 11.8 Å². The molecule has 0 aliphatic heterocycles. The van der Waals surface area contributed by atoms with Gasteiger partial charge in [-0.1, -0.05) is 18.2 Å². The molecule has 1 amide bonds. The number of nitrogens with one attached hydrogen (secondary N) is 1. The Bertz CT molecular complexity index is 1210.